The summed E-state index contributed by atoms with van der Waals surface area (Å²) < 4.78 is 7.20. The number of rotatable bonds is 5. The molecule has 17 heavy (non-hydrogen) atoms. The van der Waals surface area contributed by atoms with Gasteiger partial charge in [0.05, 0.1) is 6.61 Å². The number of aromatic nitrogens is 2. The number of hydrogen-bond acceptors (Lipinski definition) is 3. The smallest absolute Gasteiger partial charge is 0.203 e. The summed E-state index contributed by atoms with van der Waals surface area (Å²) in [6.07, 6.45) is 3.82. The van der Waals surface area contributed by atoms with Gasteiger partial charge in [-0.2, -0.15) is 0 Å². The molecule has 0 atom stereocenters. The molecule has 1 heterocycles. The number of nitrogens with zero attached hydrogens (tertiary/aromatic N) is 2. The number of anilines is 1. The average Bonchev–Trinajstić information content (AvgIpc) is 2.63. The fourth-order valence-electron chi connectivity index (χ4n) is 2.51. The second-order valence-corrected chi connectivity index (χ2v) is 5.96. The molecular formula is C13H23N3O. The van der Waals surface area contributed by atoms with Gasteiger partial charge in [0.25, 0.3) is 0 Å². The van der Waals surface area contributed by atoms with E-state index in [-0.39, 0.29) is 0 Å². The summed E-state index contributed by atoms with van der Waals surface area (Å²) in [5.41, 5.74) is 0.649. The Morgan fingerprint density at radius 3 is 2.53 bits per heavy atom. The molecule has 1 fully saturated rings. The Bertz CT molecular complexity index is 381. The highest BCUT2D eigenvalue weighted by Crippen LogP contribution is 2.63. The van der Waals surface area contributed by atoms with Gasteiger partial charge in [0.15, 0.2) is 0 Å². The number of hydrogen-bond donors (Lipinski definition) is 1. The largest absolute Gasteiger partial charge is 0.383 e. The lowest BCUT2D eigenvalue weighted by Gasteiger charge is -2.10. The van der Waals surface area contributed by atoms with Crippen LogP contribution in [0.15, 0.2) is 12.4 Å². The van der Waals surface area contributed by atoms with E-state index in [2.05, 4.69) is 42.6 Å². The first-order valence-corrected chi connectivity index (χ1v) is 6.18. The standard InChI is InChI=1S/C13H23N3O/c1-12(2)10(13(12,3)4)15-11-14-6-7-16(11)8-9-17-5/h6-7,10H,8-9H2,1-5H3,(H,14,15). The fraction of sp³-hybridized carbons (Fsp3) is 0.769. The number of ether oxygens (including phenoxy) is 1. The molecule has 1 aliphatic carbocycles. The maximum atomic E-state index is 5.10. The highest BCUT2D eigenvalue weighted by molar-refractivity contribution is 5.37. The first kappa shape index (κ1) is 12.4. The average molecular weight is 237 g/mol. The SMILES string of the molecule is COCCn1ccnc1NC1C(C)(C)C1(C)C. The first-order valence-electron chi connectivity index (χ1n) is 6.18. The van der Waals surface area contributed by atoms with Crippen molar-refractivity contribution in [3.63, 3.8) is 0 Å². The van der Waals surface area contributed by atoms with Gasteiger partial charge >= 0.3 is 0 Å². The molecule has 0 bridgehead atoms. The minimum absolute atomic E-state index is 0.324. The van der Waals surface area contributed by atoms with Crippen LogP contribution in [0.3, 0.4) is 0 Å². The fourth-order valence-corrected chi connectivity index (χ4v) is 2.51. The molecule has 1 N–H and O–H groups in total. The van der Waals surface area contributed by atoms with Gasteiger partial charge < -0.3 is 14.6 Å². The Morgan fingerprint density at radius 1 is 1.35 bits per heavy atom. The van der Waals surface area contributed by atoms with Crippen LogP contribution in [-0.4, -0.2) is 29.3 Å². The lowest BCUT2D eigenvalue weighted by Crippen LogP contribution is -2.15. The van der Waals surface area contributed by atoms with Gasteiger partial charge in [0.1, 0.15) is 0 Å². The first-order chi connectivity index (χ1) is 7.91. The Labute approximate surface area is 103 Å². The molecule has 0 saturated heterocycles. The summed E-state index contributed by atoms with van der Waals surface area (Å²) in [6, 6.07) is 0.485. The van der Waals surface area contributed by atoms with Crippen molar-refractivity contribution < 1.29 is 4.74 Å². The zero-order valence-corrected chi connectivity index (χ0v) is 11.4. The summed E-state index contributed by atoms with van der Waals surface area (Å²) in [6.45, 7) is 10.7. The number of imidazole rings is 1. The van der Waals surface area contributed by atoms with E-state index < -0.39 is 0 Å². The van der Waals surface area contributed by atoms with E-state index in [1.807, 2.05) is 12.4 Å². The van der Waals surface area contributed by atoms with E-state index in [4.69, 9.17) is 4.74 Å². The second-order valence-electron chi connectivity index (χ2n) is 5.96. The van der Waals surface area contributed by atoms with E-state index in [0.717, 1.165) is 12.5 Å². The molecule has 1 aromatic heterocycles. The predicted octanol–water partition coefficient (Wildman–Crippen LogP) is 2.38. The minimum atomic E-state index is 0.324. The highest BCUT2D eigenvalue weighted by atomic mass is 16.5. The molecule has 0 unspecified atom stereocenters. The predicted molar refractivity (Wildman–Crippen MR) is 69.1 cm³/mol. The molecule has 4 heteroatoms. The zero-order chi connectivity index (χ0) is 12.7. The van der Waals surface area contributed by atoms with Crippen molar-refractivity contribution in [2.45, 2.75) is 40.3 Å². The number of methoxy groups -OCH3 is 1. The van der Waals surface area contributed by atoms with E-state index in [1.54, 1.807) is 7.11 Å². The Kier molecular flexibility index (Phi) is 2.94. The van der Waals surface area contributed by atoms with Crippen LogP contribution in [0, 0.1) is 10.8 Å². The van der Waals surface area contributed by atoms with E-state index in [9.17, 15) is 0 Å². The van der Waals surface area contributed by atoms with Crippen LogP contribution in [0.2, 0.25) is 0 Å². The van der Waals surface area contributed by atoms with E-state index >= 15 is 0 Å². The van der Waals surface area contributed by atoms with E-state index in [1.165, 1.54) is 0 Å². The Balaban J connectivity index is 2.03. The van der Waals surface area contributed by atoms with Gasteiger partial charge in [-0.1, -0.05) is 27.7 Å². The van der Waals surface area contributed by atoms with Crippen molar-refractivity contribution in [2.75, 3.05) is 19.0 Å². The highest BCUT2D eigenvalue weighted by Gasteiger charge is 2.65. The number of nitrogens with one attached hydrogen (secondary N) is 1. The van der Waals surface area contributed by atoms with Gasteiger partial charge in [0, 0.05) is 32.1 Å². The van der Waals surface area contributed by atoms with Gasteiger partial charge in [-0.15, -0.1) is 0 Å². The quantitative estimate of drug-likeness (QED) is 0.854. The second kappa shape index (κ2) is 4.02. The van der Waals surface area contributed by atoms with Crippen molar-refractivity contribution in [1.82, 2.24) is 9.55 Å². The Hall–Kier alpha value is -1.03. The molecule has 1 aromatic rings. The van der Waals surface area contributed by atoms with Gasteiger partial charge in [0.2, 0.25) is 5.95 Å². The molecule has 0 spiro atoms. The molecule has 1 saturated carbocycles. The lowest BCUT2D eigenvalue weighted by molar-refractivity contribution is 0.187. The third kappa shape index (κ3) is 1.95. The third-order valence-corrected chi connectivity index (χ3v) is 4.55. The molecule has 2 rings (SSSR count). The molecule has 0 amide bonds. The van der Waals surface area contributed by atoms with Crippen LogP contribution >= 0.6 is 0 Å². The normalized spacial score (nSPS) is 21.5. The van der Waals surface area contributed by atoms with E-state index in [0.29, 0.717) is 23.5 Å². The molecule has 96 valence electrons. The molecule has 0 radical (unpaired) electrons. The van der Waals surface area contributed by atoms with Crippen LogP contribution in [0.1, 0.15) is 27.7 Å². The summed E-state index contributed by atoms with van der Waals surface area (Å²) in [5, 5.41) is 3.55. The summed E-state index contributed by atoms with van der Waals surface area (Å²) >= 11 is 0. The maximum Gasteiger partial charge on any atom is 0.203 e. The van der Waals surface area contributed by atoms with Crippen LogP contribution in [0.5, 0.6) is 0 Å². The zero-order valence-electron chi connectivity index (χ0n) is 11.4. The van der Waals surface area contributed by atoms with Crippen molar-refractivity contribution in [1.29, 1.82) is 0 Å². The van der Waals surface area contributed by atoms with Crippen LogP contribution < -0.4 is 5.32 Å². The van der Waals surface area contributed by atoms with Crippen molar-refractivity contribution >= 4 is 5.95 Å². The van der Waals surface area contributed by atoms with Crippen LogP contribution in [0.25, 0.3) is 0 Å². The van der Waals surface area contributed by atoms with Gasteiger partial charge in [-0.05, 0) is 10.8 Å². The summed E-state index contributed by atoms with van der Waals surface area (Å²) in [5.74, 6) is 0.950. The van der Waals surface area contributed by atoms with Crippen molar-refractivity contribution in [3.05, 3.63) is 12.4 Å². The van der Waals surface area contributed by atoms with Crippen molar-refractivity contribution in [3.8, 4) is 0 Å². The summed E-state index contributed by atoms with van der Waals surface area (Å²) in [4.78, 5) is 4.38. The molecule has 1 aliphatic rings. The van der Waals surface area contributed by atoms with Crippen molar-refractivity contribution in [2.24, 2.45) is 10.8 Å². The minimum Gasteiger partial charge on any atom is -0.383 e. The maximum absolute atomic E-state index is 5.10. The van der Waals surface area contributed by atoms with Gasteiger partial charge in [-0.25, -0.2) is 4.98 Å². The van der Waals surface area contributed by atoms with Crippen LogP contribution in [0.4, 0.5) is 5.95 Å². The lowest BCUT2D eigenvalue weighted by atomic mass is 10.0. The Morgan fingerprint density at radius 2 is 2.00 bits per heavy atom. The van der Waals surface area contributed by atoms with Crippen LogP contribution in [-0.2, 0) is 11.3 Å². The molecular weight excluding hydrogens is 214 g/mol. The molecule has 0 aliphatic heterocycles. The monoisotopic (exact) mass is 237 g/mol. The third-order valence-electron chi connectivity index (χ3n) is 4.55. The molecule has 0 aromatic carbocycles. The molecule has 4 nitrogen and oxygen atoms in total. The topological polar surface area (TPSA) is 39.1 Å². The summed E-state index contributed by atoms with van der Waals surface area (Å²) in [7, 11) is 1.72. The van der Waals surface area contributed by atoms with Gasteiger partial charge in [-0.3, -0.25) is 0 Å².